The van der Waals surface area contributed by atoms with Gasteiger partial charge in [0, 0.05) is 26.1 Å². The molecular weight excluding hydrogens is 208 g/mol. The van der Waals surface area contributed by atoms with E-state index in [4.69, 9.17) is 5.11 Å². The van der Waals surface area contributed by atoms with Gasteiger partial charge in [-0.2, -0.15) is 0 Å². The fraction of sp³-hybridized carbons (Fsp3) is 0.600. The highest BCUT2D eigenvalue weighted by Gasteiger charge is 2.25. The van der Waals surface area contributed by atoms with Gasteiger partial charge in [0.2, 0.25) is 5.91 Å². The number of aromatic nitrogens is 2. The van der Waals surface area contributed by atoms with Gasteiger partial charge in [0.1, 0.15) is 0 Å². The van der Waals surface area contributed by atoms with Crippen molar-refractivity contribution in [3.63, 3.8) is 0 Å². The molecule has 6 heteroatoms. The Morgan fingerprint density at radius 1 is 1.69 bits per heavy atom. The first kappa shape index (κ1) is 11.1. The molecule has 0 aromatic carbocycles. The predicted molar refractivity (Wildman–Crippen MR) is 57.6 cm³/mol. The van der Waals surface area contributed by atoms with Crippen LogP contribution in [0.15, 0.2) is 6.33 Å². The Kier molecular flexibility index (Phi) is 3.53. The number of aliphatic hydroxyl groups is 1. The quantitative estimate of drug-likeness (QED) is 0.490. The molecule has 6 nitrogen and oxygen atoms in total. The largest absolute Gasteiger partial charge is 0.396 e. The van der Waals surface area contributed by atoms with E-state index in [0.29, 0.717) is 25.9 Å². The summed E-state index contributed by atoms with van der Waals surface area (Å²) in [5, 5.41) is 14.5. The smallest absolute Gasteiger partial charge is 0.237 e. The van der Waals surface area contributed by atoms with Crippen LogP contribution >= 0.6 is 0 Å². The molecule has 0 aliphatic carbocycles. The average Bonchev–Trinajstić information content (AvgIpc) is 2.76. The molecule has 0 saturated carbocycles. The minimum Gasteiger partial charge on any atom is -0.396 e. The Morgan fingerprint density at radius 2 is 2.56 bits per heavy atom. The van der Waals surface area contributed by atoms with Gasteiger partial charge in [0.25, 0.3) is 0 Å². The zero-order chi connectivity index (χ0) is 11.4. The van der Waals surface area contributed by atoms with Crippen molar-refractivity contribution in [2.45, 2.75) is 25.4 Å². The molecule has 1 amide bonds. The van der Waals surface area contributed by atoms with Crippen molar-refractivity contribution < 1.29 is 9.90 Å². The van der Waals surface area contributed by atoms with Crippen molar-refractivity contribution in [1.29, 1.82) is 0 Å². The lowest BCUT2D eigenvalue weighted by Crippen LogP contribution is -2.48. The van der Waals surface area contributed by atoms with Crippen molar-refractivity contribution >= 4 is 5.91 Å². The molecule has 1 aromatic heterocycles. The molecule has 2 rings (SSSR count). The lowest BCUT2D eigenvalue weighted by atomic mass is 10.0. The molecule has 1 aliphatic heterocycles. The molecule has 0 saturated heterocycles. The van der Waals surface area contributed by atoms with Gasteiger partial charge in [-0.25, -0.2) is 4.98 Å². The fourth-order valence-corrected chi connectivity index (χ4v) is 1.77. The number of rotatable bonds is 4. The van der Waals surface area contributed by atoms with Crippen LogP contribution in [0.25, 0.3) is 0 Å². The summed E-state index contributed by atoms with van der Waals surface area (Å²) < 4.78 is 0. The first-order valence-corrected chi connectivity index (χ1v) is 5.44. The summed E-state index contributed by atoms with van der Waals surface area (Å²) in [7, 11) is 0. The van der Waals surface area contributed by atoms with E-state index in [-0.39, 0.29) is 18.6 Å². The van der Waals surface area contributed by atoms with Crippen molar-refractivity contribution in [3.05, 3.63) is 17.7 Å². The third-order valence-corrected chi connectivity index (χ3v) is 2.68. The molecule has 2 heterocycles. The lowest BCUT2D eigenvalue weighted by molar-refractivity contribution is -0.123. The van der Waals surface area contributed by atoms with Gasteiger partial charge in [-0.15, -0.1) is 0 Å². The van der Waals surface area contributed by atoms with Crippen molar-refractivity contribution in [3.8, 4) is 0 Å². The van der Waals surface area contributed by atoms with Crippen molar-refractivity contribution in [1.82, 2.24) is 20.6 Å². The van der Waals surface area contributed by atoms with E-state index < -0.39 is 0 Å². The summed E-state index contributed by atoms with van der Waals surface area (Å²) in [5.41, 5.74) is 2.01. The second-order valence-corrected chi connectivity index (χ2v) is 3.83. The van der Waals surface area contributed by atoms with Crippen LogP contribution in [0.4, 0.5) is 0 Å². The number of carbonyl (C=O) groups excluding carboxylic acids is 1. The van der Waals surface area contributed by atoms with Crippen LogP contribution in [0.1, 0.15) is 17.8 Å². The number of carbonyl (C=O) groups is 1. The maximum atomic E-state index is 11.7. The number of hydrogen-bond acceptors (Lipinski definition) is 4. The van der Waals surface area contributed by atoms with Crippen molar-refractivity contribution in [2.75, 3.05) is 13.2 Å². The Hall–Kier alpha value is -1.40. The van der Waals surface area contributed by atoms with E-state index in [9.17, 15) is 4.79 Å². The molecule has 16 heavy (non-hydrogen) atoms. The summed E-state index contributed by atoms with van der Waals surface area (Å²) in [6, 6.07) is -0.213. The molecular formula is C10H16N4O2. The predicted octanol–water partition coefficient (Wildman–Crippen LogP) is -1.08. The fourth-order valence-electron chi connectivity index (χ4n) is 1.77. The van der Waals surface area contributed by atoms with Crippen LogP contribution in [-0.2, 0) is 17.8 Å². The highest BCUT2D eigenvalue weighted by Crippen LogP contribution is 2.11. The Balaban J connectivity index is 1.86. The Bertz CT molecular complexity index is 363. The van der Waals surface area contributed by atoms with Gasteiger partial charge in [-0.1, -0.05) is 0 Å². The number of H-pyrrole nitrogens is 1. The zero-order valence-corrected chi connectivity index (χ0v) is 8.99. The van der Waals surface area contributed by atoms with Crippen LogP contribution < -0.4 is 10.6 Å². The SMILES string of the molecule is O=C(NCCCO)C1Cc2nc[nH]c2CN1. The number of aromatic amines is 1. The summed E-state index contributed by atoms with van der Waals surface area (Å²) in [5.74, 6) is -0.0258. The first-order valence-electron chi connectivity index (χ1n) is 5.44. The monoisotopic (exact) mass is 224 g/mol. The molecule has 0 fully saturated rings. The Labute approximate surface area is 93.5 Å². The molecule has 0 bridgehead atoms. The zero-order valence-electron chi connectivity index (χ0n) is 8.99. The second kappa shape index (κ2) is 5.09. The van der Waals surface area contributed by atoms with Gasteiger partial charge in [-0.3, -0.25) is 10.1 Å². The number of nitrogens with one attached hydrogen (secondary N) is 3. The number of aliphatic hydroxyl groups excluding tert-OH is 1. The topological polar surface area (TPSA) is 90.0 Å². The number of amides is 1. The Morgan fingerprint density at radius 3 is 3.38 bits per heavy atom. The van der Waals surface area contributed by atoms with Crippen LogP contribution in [0, 0.1) is 0 Å². The summed E-state index contributed by atoms with van der Waals surface area (Å²) in [6.45, 7) is 1.26. The molecule has 1 aromatic rings. The van der Waals surface area contributed by atoms with E-state index in [1.807, 2.05) is 0 Å². The molecule has 0 spiro atoms. The van der Waals surface area contributed by atoms with Gasteiger partial charge >= 0.3 is 0 Å². The van der Waals surface area contributed by atoms with Crippen LogP contribution in [0.2, 0.25) is 0 Å². The molecule has 4 N–H and O–H groups in total. The number of imidazole rings is 1. The van der Waals surface area contributed by atoms with Gasteiger partial charge < -0.3 is 15.4 Å². The van der Waals surface area contributed by atoms with Crippen LogP contribution in [0.5, 0.6) is 0 Å². The number of nitrogens with zero attached hydrogens (tertiary/aromatic N) is 1. The average molecular weight is 224 g/mol. The minimum atomic E-state index is -0.213. The maximum Gasteiger partial charge on any atom is 0.237 e. The molecule has 88 valence electrons. The molecule has 1 atom stereocenters. The van der Waals surface area contributed by atoms with Gasteiger partial charge in [-0.05, 0) is 6.42 Å². The van der Waals surface area contributed by atoms with E-state index in [0.717, 1.165) is 11.4 Å². The highest BCUT2D eigenvalue weighted by atomic mass is 16.3. The van der Waals surface area contributed by atoms with E-state index in [1.165, 1.54) is 0 Å². The maximum absolute atomic E-state index is 11.7. The van der Waals surface area contributed by atoms with Crippen molar-refractivity contribution in [2.24, 2.45) is 0 Å². The second-order valence-electron chi connectivity index (χ2n) is 3.83. The van der Waals surface area contributed by atoms with Gasteiger partial charge in [0.05, 0.1) is 23.8 Å². The number of hydrogen-bond donors (Lipinski definition) is 4. The molecule has 1 aliphatic rings. The van der Waals surface area contributed by atoms with E-state index in [1.54, 1.807) is 6.33 Å². The molecule has 1 unspecified atom stereocenters. The molecule has 0 radical (unpaired) electrons. The van der Waals surface area contributed by atoms with E-state index >= 15 is 0 Å². The first-order chi connectivity index (χ1) is 7.81. The van der Waals surface area contributed by atoms with Crippen LogP contribution in [0.3, 0.4) is 0 Å². The summed E-state index contributed by atoms with van der Waals surface area (Å²) in [4.78, 5) is 18.9. The summed E-state index contributed by atoms with van der Waals surface area (Å²) in [6.07, 6.45) is 2.86. The van der Waals surface area contributed by atoms with Crippen LogP contribution in [-0.4, -0.2) is 40.2 Å². The standard InChI is InChI=1S/C10H16N4O2/c15-3-1-2-11-10(16)8-4-7-9(5-12-8)14-6-13-7/h6,8,12,15H,1-5H2,(H,11,16)(H,13,14). The third kappa shape index (κ3) is 2.40. The lowest BCUT2D eigenvalue weighted by Gasteiger charge is -2.22. The van der Waals surface area contributed by atoms with E-state index in [2.05, 4.69) is 20.6 Å². The van der Waals surface area contributed by atoms with Gasteiger partial charge in [0.15, 0.2) is 0 Å². The minimum absolute atomic E-state index is 0.0258. The number of fused-ring (bicyclic) bond motifs is 1. The summed E-state index contributed by atoms with van der Waals surface area (Å²) >= 11 is 0. The third-order valence-electron chi connectivity index (χ3n) is 2.68. The highest BCUT2D eigenvalue weighted by molar-refractivity contribution is 5.82. The normalized spacial score (nSPS) is 19.2.